The molecule has 0 spiro atoms. The summed E-state index contributed by atoms with van der Waals surface area (Å²) in [7, 11) is 1.30. The molecule has 64 valence electrons. The normalized spacial score (nSPS) is 17.7. The van der Waals surface area contributed by atoms with Gasteiger partial charge in [-0.15, -0.1) is 0 Å². The molecule has 1 nitrogen and oxygen atoms in total. The standard InChI is InChI=1S/C10H15NSi/c12-8-11-6-5-9-3-1-2-4-10(9)7-11/h1-4H,5-8H2,12H3. The van der Waals surface area contributed by atoms with E-state index >= 15 is 0 Å². The topological polar surface area (TPSA) is 3.24 Å². The van der Waals surface area contributed by atoms with Crippen molar-refractivity contribution in [3.63, 3.8) is 0 Å². The molecule has 0 saturated heterocycles. The summed E-state index contributed by atoms with van der Waals surface area (Å²) in [5.41, 5.74) is 3.10. The van der Waals surface area contributed by atoms with Crippen LogP contribution in [0.4, 0.5) is 0 Å². The van der Waals surface area contributed by atoms with Gasteiger partial charge in [0.15, 0.2) is 0 Å². The molecule has 0 aliphatic carbocycles. The first-order valence-electron chi connectivity index (χ1n) is 4.69. The van der Waals surface area contributed by atoms with Gasteiger partial charge < -0.3 is 4.90 Å². The molecule has 1 aliphatic heterocycles. The van der Waals surface area contributed by atoms with Crippen molar-refractivity contribution in [2.24, 2.45) is 0 Å². The SMILES string of the molecule is [SiH3]CN1CCc2ccccc2C1. The predicted octanol–water partition coefficient (Wildman–Crippen LogP) is 0.368. The number of nitrogens with zero attached hydrogens (tertiary/aromatic N) is 1. The minimum absolute atomic E-state index is 1.18. The third-order valence-electron chi connectivity index (χ3n) is 2.66. The molecule has 0 saturated carbocycles. The Balaban J connectivity index is 2.23. The smallest absolute Gasteiger partial charge is 0.0232 e. The maximum absolute atomic E-state index is 2.55. The molecule has 0 aromatic heterocycles. The van der Waals surface area contributed by atoms with Gasteiger partial charge in [-0.2, -0.15) is 0 Å². The van der Waals surface area contributed by atoms with Crippen LogP contribution in [0.25, 0.3) is 0 Å². The summed E-state index contributed by atoms with van der Waals surface area (Å²) in [6.07, 6.45) is 2.56. The lowest BCUT2D eigenvalue weighted by atomic mass is 10.0. The monoisotopic (exact) mass is 177 g/mol. The van der Waals surface area contributed by atoms with E-state index < -0.39 is 0 Å². The van der Waals surface area contributed by atoms with Gasteiger partial charge in [0.25, 0.3) is 0 Å². The van der Waals surface area contributed by atoms with Crippen LogP contribution >= 0.6 is 0 Å². The van der Waals surface area contributed by atoms with E-state index in [9.17, 15) is 0 Å². The average molecular weight is 177 g/mol. The van der Waals surface area contributed by atoms with Crippen molar-refractivity contribution >= 4 is 10.2 Å². The van der Waals surface area contributed by atoms with E-state index in [1.807, 2.05) is 0 Å². The molecule has 2 rings (SSSR count). The third-order valence-corrected chi connectivity index (χ3v) is 3.55. The second-order valence-electron chi connectivity index (χ2n) is 3.39. The van der Waals surface area contributed by atoms with Crippen LogP contribution in [-0.4, -0.2) is 27.9 Å². The Bertz CT molecular complexity index is 272. The second kappa shape index (κ2) is 3.41. The molecule has 2 heteroatoms. The lowest BCUT2D eigenvalue weighted by Crippen LogP contribution is -2.31. The summed E-state index contributed by atoms with van der Waals surface area (Å²) in [5.74, 6) is 0. The minimum Gasteiger partial charge on any atom is -0.302 e. The fourth-order valence-electron chi connectivity index (χ4n) is 1.82. The molecule has 0 fully saturated rings. The molecule has 1 heterocycles. The van der Waals surface area contributed by atoms with E-state index in [2.05, 4.69) is 29.2 Å². The minimum atomic E-state index is 1.18. The van der Waals surface area contributed by atoms with Crippen molar-refractivity contribution in [3.8, 4) is 0 Å². The number of fused-ring (bicyclic) bond motifs is 1. The van der Waals surface area contributed by atoms with E-state index in [-0.39, 0.29) is 0 Å². The van der Waals surface area contributed by atoms with Gasteiger partial charge in [0.05, 0.1) is 0 Å². The van der Waals surface area contributed by atoms with Crippen LogP contribution in [0.15, 0.2) is 24.3 Å². The Morgan fingerprint density at radius 1 is 1.25 bits per heavy atom. The zero-order valence-electron chi connectivity index (χ0n) is 7.59. The highest BCUT2D eigenvalue weighted by molar-refractivity contribution is 6.08. The van der Waals surface area contributed by atoms with Gasteiger partial charge in [0.1, 0.15) is 0 Å². The first-order valence-corrected chi connectivity index (χ1v) is 6.10. The highest BCUT2D eigenvalue weighted by Gasteiger charge is 2.12. The number of benzene rings is 1. The molecule has 0 unspecified atom stereocenters. The molecular weight excluding hydrogens is 162 g/mol. The largest absolute Gasteiger partial charge is 0.302 e. The lowest BCUT2D eigenvalue weighted by molar-refractivity contribution is 0.296. The van der Waals surface area contributed by atoms with Gasteiger partial charge >= 0.3 is 0 Å². The van der Waals surface area contributed by atoms with Crippen LogP contribution in [0.1, 0.15) is 11.1 Å². The summed E-state index contributed by atoms with van der Waals surface area (Å²) in [6, 6.07) is 8.82. The first kappa shape index (κ1) is 8.02. The molecule has 0 N–H and O–H groups in total. The zero-order chi connectivity index (χ0) is 8.39. The Labute approximate surface area is 76.8 Å². The highest BCUT2D eigenvalue weighted by Crippen LogP contribution is 2.17. The van der Waals surface area contributed by atoms with Crippen molar-refractivity contribution in [2.75, 3.05) is 12.7 Å². The van der Waals surface area contributed by atoms with Crippen molar-refractivity contribution < 1.29 is 0 Å². The molecule has 1 aliphatic rings. The maximum atomic E-state index is 2.55. The maximum Gasteiger partial charge on any atom is 0.0232 e. The molecule has 0 radical (unpaired) electrons. The summed E-state index contributed by atoms with van der Waals surface area (Å²) in [4.78, 5) is 2.55. The number of rotatable bonds is 1. The van der Waals surface area contributed by atoms with Crippen molar-refractivity contribution in [2.45, 2.75) is 13.0 Å². The van der Waals surface area contributed by atoms with Gasteiger partial charge in [-0.05, 0) is 23.7 Å². The molecule has 1 aromatic carbocycles. The fourth-order valence-corrected chi connectivity index (χ4v) is 2.36. The Morgan fingerprint density at radius 3 is 2.75 bits per heavy atom. The van der Waals surface area contributed by atoms with Crippen LogP contribution in [0.2, 0.25) is 0 Å². The van der Waals surface area contributed by atoms with E-state index in [0.717, 1.165) is 0 Å². The number of hydrogen-bond donors (Lipinski definition) is 0. The van der Waals surface area contributed by atoms with Gasteiger partial charge in [0.2, 0.25) is 0 Å². The third kappa shape index (κ3) is 1.45. The van der Waals surface area contributed by atoms with Crippen molar-refractivity contribution in [1.29, 1.82) is 0 Å². The Kier molecular flexibility index (Phi) is 2.28. The summed E-state index contributed by atoms with van der Waals surface area (Å²) >= 11 is 0. The Hall–Kier alpha value is -0.603. The number of hydrogen-bond acceptors (Lipinski definition) is 1. The molecular formula is C10H15NSi. The molecule has 0 bridgehead atoms. The van der Waals surface area contributed by atoms with E-state index in [4.69, 9.17) is 0 Å². The van der Waals surface area contributed by atoms with E-state index in [0.29, 0.717) is 0 Å². The quantitative estimate of drug-likeness (QED) is 0.560. The van der Waals surface area contributed by atoms with Gasteiger partial charge in [-0.1, -0.05) is 24.3 Å². The Morgan fingerprint density at radius 2 is 2.00 bits per heavy atom. The van der Waals surface area contributed by atoms with Gasteiger partial charge in [0, 0.05) is 23.3 Å². The molecule has 1 aromatic rings. The van der Waals surface area contributed by atoms with E-state index in [1.54, 1.807) is 11.1 Å². The fraction of sp³-hybridized carbons (Fsp3) is 0.400. The highest BCUT2D eigenvalue weighted by atomic mass is 28.1. The summed E-state index contributed by atoms with van der Waals surface area (Å²) in [6.45, 7) is 2.44. The van der Waals surface area contributed by atoms with Crippen LogP contribution in [0.5, 0.6) is 0 Å². The summed E-state index contributed by atoms with van der Waals surface area (Å²) in [5, 5.41) is 0. The first-order chi connectivity index (χ1) is 5.90. The van der Waals surface area contributed by atoms with Crippen molar-refractivity contribution in [1.82, 2.24) is 4.90 Å². The molecule has 0 amide bonds. The van der Waals surface area contributed by atoms with Gasteiger partial charge in [-0.25, -0.2) is 0 Å². The summed E-state index contributed by atoms with van der Waals surface area (Å²) < 4.78 is 0. The predicted molar refractivity (Wildman–Crippen MR) is 55.4 cm³/mol. The van der Waals surface area contributed by atoms with E-state index in [1.165, 1.54) is 35.9 Å². The molecule has 0 atom stereocenters. The van der Waals surface area contributed by atoms with Crippen LogP contribution in [0, 0.1) is 0 Å². The van der Waals surface area contributed by atoms with Crippen LogP contribution in [0.3, 0.4) is 0 Å². The van der Waals surface area contributed by atoms with Crippen LogP contribution in [-0.2, 0) is 13.0 Å². The van der Waals surface area contributed by atoms with Crippen molar-refractivity contribution in [3.05, 3.63) is 35.4 Å². The lowest BCUT2D eigenvalue weighted by Gasteiger charge is -2.27. The molecule has 12 heavy (non-hydrogen) atoms. The van der Waals surface area contributed by atoms with Gasteiger partial charge in [-0.3, -0.25) is 0 Å². The second-order valence-corrected chi connectivity index (χ2v) is 4.02. The zero-order valence-corrected chi connectivity index (χ0v) is 9.59. The van der Waals surface area contributed by atoms with Crippen LogP contribution < -0.4 is 0 Å². The average Bonchev–Trinajstić information content (AvgIpc) is 2.17.